The first-order chi connectivity index (χ1) is 8.41. The molecule has 0 rings (SSSR count). The number of allylic oxidation sites excluding steroid dienone is 4. The van der Waals surface area contributed by atoms with Crippen molar-refractivity contribution in [3.05, 3.63) is 31.2 Å². The zero-order chi connectivity index (χ0) is 12.6. The van der Waals surface area contributed by atoms with Gasteiger partial charge in [0, 0.05) is 0 Å². The summed E-state index contributed by atoms with van der Waals surface area (Å²) in [4.78, 5) is 0. The molecule has 17 heavy (non-hydrogen) atoms. The van der Waals surface area contributed by atoms with Gasteiger partial charge in [-0.25, -0.2) is 0 Å². The highest BCUT2D eigenvalue weighted by atomic mass is 13.9. The van der Waals surface area contributed by atoms with E-state index in [2.05, 4.69) is 38.2 Å². The molecule has 1 radical (unpaired) electrons. The van der Waals surface area contributed by atoms with Crippen molar-refractivity contribution >= 4 is 0 Å². The summed E-state index contributed by atoms with van der Waals surface area (Å²) in [6.45, 7) is 5.96. The van der Waals surface area contributed by atoms with Crippen LogP contribution in [0.4, 0.5) is 0 Å². The molecule has 0 aliphatic heterocycles. The third-order valence-corrected chi connectivity index (χ3v) is 3.01. The average molecular weight is 235 g/mol. The molecule has 0 heterocycles. The van der Waals surface area contributed by atoms with Crippen LogP contribution in [0.15, 0.2) is 24.3 Å². The largest absolute Gasteiger partial charge is 0.0917 e. The lowest BCUT2D eigenvalue weighted by Crippen LogP contribution is -1.77. The summed E-state index contributed by atoms with van der Waals surface area (Å²) in [5, 5.41) is 0. The summed E-state index contributed by atoms with van der Waals surface area (Å²) in [5.41, 5.74) is 0. The van der Waals surface area contributed by atoms with Crippen molar-refractivity contribution in [2.45, 2.75) is 77.6 Å². The van der Waals surface area contributed by atoms with E-state index in [0.29, 0.717) is 0 Å². The number of unbranched alkanes of at least 4 members (excludes halogenated alkanes) is 9. The zero-order valence-corrected chi connectivity index (χ0v) is 11.8. The number of hydrogen-bond acceptors (Lipinski definition) is 0. The summed E-state index contributed by atoms with van der Waals surface area (Å²) in [6, 6.07) is 0. The standard InChI is InChI=1S/C17H31/c1-3-5-7-9-11-13-15-17-16-14-12-10-8-6-4-2/h4,6,13,15H,1,3,5,7-12,14,16-17H2,2H3. The maximum Gasteiger partial charge on any atom is -0.0351 e. The van der Waals surface area contributed by atoms with E-state index in [0.717, 1.165) is 6.42 Å². The minimum Gasteiger partial charge on any atom is -0.0917 e. The molecule has 0 aromatic rings. The number of rotatable bonds is 12. The van der Waals surface area contributed by atoms with Crippen LogP contribution in [-0.4, -0.2) is 0 Å². The third kappa shape index (κ3) is 15.5. The van der Waals surface area contributed by atoms with Crippen LogP contribution in [0.1, 0.15) is 77.6 Å². The Morgan fingerprint density at radius 1 is 0.647 bits per heavy atom. The molecule has 0 N–H and O–H groups in total. The highest BCUT2D eigenvalue weighted by Gasteiger charge is 1.88. The second-order valence-corrected chi connectivity index (χ2v) is 4.73. The van der Waals surface area contributed by atoms with Crippen LogP contribution in [-0.2, 0) is 0 Å². The summed E-state index contributed by atoms with van der Waals surface area (Å²) >= 11 is 0. The molecule has 0 aromatic carbocycles. The van der Waals surface area contributed by atoms with Gasteiger partial charge in [-0.1, -0.05) is 63.3 Å². The van der Waals surface area contributed by atoms with Gasteiger partial charge >= 0.3 is 0 Å². The van der Waals surface area contributed by atoms with Crippen molar-refractivity contribution in [3.8, 4) is 0 Å². The Bertz CT molecular complexity index is 176. The maximum atomic E-state index is 3.86. The van der Waals surface area contributed by atoms with Crippen molar-refractivity contribution in [2.24, 2.45) is 0 Å². The first-order valence-corrected chi connectivity index (χ1v) is 7.47. The van der Waals surface area contributed by atoms with Crippen LogP contribution >= 0.6 is 0 Å². The summed E-state index contributed by atoms with van der Waals surface area (Å²) in [6.07, 6.45) is 23.5. The van der Waals surface area contributed by atoms with E-state index in [-0.39, 0.29) is 0 Å². The number of hydrogen-bond donors (Lipinski definition) is 0. The molecule has 0 aliphatic carbocycles. The summed E-state index contributed by atoms with van der Waals surface area (Å²) in [7, 11) is 0. The molecule has 0 saturated carbocycles. The van der Waals surface area contributed by atoms with Gasteiger partial charge in [-0.15, -0.1) is 0 Å². The van der Waals surface area contributed by atoms with Crippen molar-refractivity contribution < 1.29 is 0 Å². The Kier molecular flexibility index (Phi) is 15.0. The molecule has 0 aliphatic rings. The van der Waals surface area contributed by atoms with E-state index in [1.807, 2.05) is 0 Å². The van der Waals surface area contributed by atoms with Crippen LogP contribution in [0.2, 0.25) is 0 Å². The molecule has 0 saturated heterocycles. The van der Waals surface area contributed by atoms with E-state index in [4.69, 9.17) is 0 Å². The minimum atomic E-state index is 1.09. The van der Waals surface area contributed by atoms with E-state index in [9.17, 15) is 0 Å². The smallest absolute Gasteiger partial charge is 0.0351 e. The van der Waals surface area contributed by atoms with Gasteiger partial charge in [0.2, 0.25) is 0 Å². The van der Waals surface area contributed by atoms with Gasteiger partial charge in [-0.3, -0.25) is 0 Å². The molecular formula is C17H31. The maximum absolute atomic E-state index is 3.86. The van der Waals surface area contributed by atoms with Crippen LogP contribution in [0, 0.1) is 6.92 Å². The monoisotopic (exact) mass is 235 g/mol. The van der Waals surface area contributed by atoms with Crippen molar-refractivity contribution in [3.63, 3.8) is 0 Å². The fourth-order valence-electron chi connectivity index (χ4n) is 1.90. The molecule has 0 spiro atoms. The molecular weight excluding hydrogens is 204 g/mol. The average Bonchev–Trinajstić information content (AvgIpc) is 2.35. The molecule has 0 heteroatoms. The van der Waals surface area contributed by atoms with Crippen molar-refractivity contribution in [2.75, 3.05) is 0 Å². The fraction of sp³-hybridized carbons (Fsp3) is 0.706. The Labute approximate surface area is 109 Å². The molecule has 0 bridgehead atoms. The Morgan fingerprint density at radius 2 is 1.12 bits per heavy atom. The Balaban J connectivity index is 3.03. The van der Waals surface area contributed by atoms with Crippen LogP contribution < -0.4 is 0 Å². The summed E-state index contributed by atoms with van der Waals surface area (Å²) in [5.74, 6) is 0. The fourth-order valence-corrected chi connectivity index (χ4v) is 1.90. The molecule has 0 amide bonds. The van der Waals surface area contributed by atoms with Gasteiger partial charge in [-0.05, 0) is 45.4 Å². The quantitative estimate of drug-likeness (QED) is 0.277. The molecule has 0 fully saturated rings. The Morgan fingerprint density at radius 3 is 1.59 bits per heavy atom. The molecule has 0 nitrogen and oxygen atoms in total. The van der Waals surface area contributed by atoms with Crippen molar-refractivity contribution in [1.29, 1.82) is 0 Å². The molecule has 0 aromatic heterocycles. The van der Waals surface area contributed by atoms with Crippen LogP contribution in [0.25, 0.3) is 0 Å². The normalized spacial score (nSPS) is 11.9. The van der Waals surface area contributed by atoms with E-state index in [1.165, 1.54) is 64.2 Å². The molecule has 0 unspecified atom stereocenters. The van der Waals surface area contributed by atoms with E-state index >= 15 is 0 Å². The van der Waals surface area contributed by atoms with E-state index in [1.54, 1.807) is 0 Å². The minimum absolute atomic E-state index is 1.09. The first-order valence-electron chi connectivity index (χ1n) is 7.47. The van der Waals surface area contributed by atoms with Gasteiger partial charge in [-0.2, -0.15) is 0 Å². The Hall–Kier alpha value is -0.520. The van der Waals surface area contributed by atoms with Crippen LogP contribution in [0.3, 0.4) is 0 Å². The lowest BCUT2D eigenvalue weighted by atomic mass is 10.1. The van der Waals surface area contributed by atoms with Crippen molar-refractivity contribution in [1.82, 2.24) is 0 Å². The second-order valence-electron chi connectivity index (χ2n) is 4.73. The first kappa shape index (κ1) is 16.5. The lowest BCUT2D eigenvalue weighted by molar-refractivity contribution is 0.650. The van der Waals surface area contributed by atoms with E-state index < -0.39 is 0 Å². The predicted molar refractivity (Wildman–Crippen MR) is 80.1 cm³/mol. The highest BCUT2D eigenvalue weighted by Crippen LogP contribution is 2.07. The highest BCUT2D eigenvalue weighted by molar-refractivity contribution is 4.81. The summed E-state index contributed by atoms with van der Waals surface area (Å²) < 4.78 is 0. The second kappa shape index (κ2) is 15.5. The topological polar surface area (TPSA) is 0 Å². The van der Waals surface area contributed by atoms with Gasteiger partial charge < -0.3 is 0 Å². The van der Waals surface area contributed by atoms with Gasteiger partial charge in [0.1, 0.15) is 0 Å². The predicted octanol–water partition coefficient (Wildman–Crippen LogP) is 6.24. The lowest BCUT2D eigenvalue weighted by Gasteiger charge is -1.97. The van der Waals surface area contributed by atoms with Gasteiger partial charge in [0.25, 0.3) is 0 Å². The zero-order valence-electron chi connectivity index (χ0n) is 11.8. The third-order valence-electron chi connectivity index (χ3n) is 3.01. The molecule has 99 valence electrons. The molecule has 0 atom stereocenters. The van der Waals surface area contributed by atoms with Gasteiger partial charge in [0.15, 0.2) is 0 Å². The van der Waals surface area contributed by atoms with Crippen LogP contribution in [0.5, 0.6) is 0 Å². The SMILES string of the molecule is [CH2]CCCCCC=CCCCCCCC=CC. The van der Waals surface area contributed by atoms with Gasteiger partial charge in [0.05, 0.1) is 0 Å².